The highest BCUT2D eigenvalue weighted by Gasteiger charge is 2.40. The van der Waals surface area contributed by atoms with Crippen LogP contribution >= 0.6 is 11.6 Å². The highest BCUT2D eigenvalue weighted by atomic mass is 35.5. The van der Waals surface area contributed by atoms with Crippen molar-refractivity contribution >= 4 is 45.4 Å². The molecule has 0 saturated carbocycles. The molecule has 34 heavy (non-hydrogen) atoms. The first-order valence-corrected chi connectivity index (χ1v) is 12.0. The van der Waals surface area contributed by atoms with Crippen molar-refractivity contribution in [3.8, 4) is 11.1 Å². The Morgan fingerprint density at radius 2 is 2.00 bits per heavy atom. The average Bonchev–Trinajstić information content (AvgIpc) is 3.48. The van der Waals surface area contributed by atoms with E-state index in [-0.39, 0.29) is 18.5 Å². The summed E-state index contributed by atoms with van der Waals surface area (Å²) < 4.78 is 1.63. The molecule has 9 nitrogen and oxygen atoms in total. The number of carbonyl (C=O) groups excluding carboxylic acids is 1. The van der Waals surface area contributed by atoms with E-state index in [1.807, 2.05) is 30.7 Å². The molecular formula is C24H27ClN8O. The average molecular weight is 479 g/mol. The number of benzene rings is 1. The molecule has 2 saturated heterocycles. The summed E-state index contributed by atoms with van der Waals surface area (Å²) in [4.78, 5) is 29.0. The number of rotatable bonds is 4. The van der Waals surface area contributed by atoms with Crippen LogP contribution in [0.4, 0.5) is 5.82 Å². The van der Waals surface area contributed by atoms with Gasteiger partial charge in [-0.05, 0) is 31.7 Å². The molecule has 0 unspecified atom stereocenters. The number of hydrogen-bond donors (Lipinski definition) is 2. The van der Waals surface area contributed by atoms with Gasteiger partial charge in [-0.25, -0.2) is 9.97 Å². The monoisotopic (exact) mass is 478 g/mol. The van der Waals surface area contributed by atoms with Gasteiger partial charge < -0.3 is 20.5 Å². The van der Waals surface area contributed by atoms with E-state index < -0.39 is 0 Å². The summed E-state index contributed by atoms with van der Waals surface area (Å²) in [5, 5.41) is 5.88. The molecule has 2 aliphatic rings. The minimum atomic E-state index is -0.0315. The number of nitrogens with one attached hydrogen (secondary N) is 1. The van der Waals surface area contributed by atoms with Crippen LogP contribution in [0.2, 0.25) is 5.02 Å². The van der Waals surface area contributed by atoms with Gasteiger partial charge >= 0.3 is 0 Å². The fourth-order valence-corrected chi connectivity index (χ4v) is 5.80. The van der Waals surface area contributed by atoms with Crippen molar-refractivity contribution in [2.24, 2.45) is 5.73 Å². The molecule has 5 heterocycles. The predicted octanol–water partition coefficient (Wildman–Crippen LogP) is 3.17. The molecule has 1 aromatic carbocycles. The number of anilines is 1. The van der Waals surface area contributed by atoms with Crippen LogP contribution < -0.4 is 10.6 Å². The van der Waals surface area contributed by atoms with E-state index in [0.29, 0.717) is 17.1 Å². The van der Waals surface area contributed by atoms with Gasteiger partial charge in [-0.3, -0.25) is 9.48 Å². The highest BCUT2D eigenvalue weighted by Crippen LogP contribution is 2.40. The zero-order valence-corrected chi connectivity index (χ0v) is 20.0. The van der Waals surface area contributed by atoms with Crippen LogP contribution in [0.25, 0.3) is 33.2 Å². The maximum atomic E-state index is 12.1. The lowest BCUT2D eigenvalue weighted by Crippen LogP contribution is -2.47. The van der Waals surface area contributed by atoms with Crippen LogP contribution in [-0.2, 0) is 11.3 Å². The van der Waals surface area contributed by atoms with Crippen LogP contribution in [0, 0.1) is 0 Å². The number of halogens is 1. The van der Waals surface area contributed by atoms with Gasteiger partial charge in [0.1, 0.15) is 17.9 Å². The Bertz CT molecular complexity index is 1400. The number of piperidine rings is 1. The first-order valence-electron chi connectivity index (χ1n) is 11.6. The van der Waals surface area contributed by atoms with E-state index in [1.54, 1.807) is 23.7 Å². The smallest absolute Gasteiger partial charge is 0.243 e. The standard InChI is InChI=1S/C24H27ClN8O/c1-31(2)21(34)12-32-11-18-19(30-32)6-5-16(22(18)25)17-9-28-24-23(17)27-10-20(29-24)33-14-3-4-15(33)8-13(26)7-14/h5-6,9-11,13-15H,3-4,7-8,12,26H2,1-2H3,(H,28,29)/t13-,14+,15-. The number of amides is 1. The summed E-state index contributed by atoms with van der Waals surface area (Å²) in [6.07, 6.45) is 9.94. The Morgan fingerprint density at radius 3 is 2.74 bits per heavy atom. The number of likely N-dealkylation sites (N-methyl/N-ethyl adjacent to an activating group) is 1. The summed E-state index contributed by atoms with van der Waals surface area (Å²) >= 11 is 6.83. The minimum Gasteiger partial charge on any atom is -0.349 e. The summed E-state index contributed by atoms with van der Waals surface area (Å²) in [7, 11) is 3.45. The molecule has 4 aromatic rings. The molecule has 1 amide bonds. The zero-order valence-electron chi connectivity index (χ0n) is 19.2. The molecule has 176 valence electrons. The maximum absolute atomic E-state index is 12.1. The molecule has 3 N–H and O–H groups in total. The second-order valence-electron chi connectivity index (χ2n) is 9.63. The van der Waals surface area contributed by atoms with E-state index in [9.17, 15) is 4.79 Å². The van der Waals surface area contributed by atoms with E-state index in [1.165, 1.54) is 0 Å². The third kappa shape index (κ3) is 3.42. The van der Waals surface area contributed by atoms with Crippen molar-refractivity contribution in [2.45, 2.75) is 50.4 Å². The Kier molecular flexibility index (Phi) is 5.00. The first-order chi connectivity index (χ1) is 16.4. The Hall–Kier alpha value is -3.17. The Labute approximate surface area is 201 Å². The van der Waals surface area contributed by atoms with Crippen molar-refractivity contribution in [3.05, 3.63) is 35.7 Å². The summed E-state index contributed by atoms with van der Waals surface area (Å²) in [5.41, 5.74) is 10.2. The van der Waals surface area contributed by atoms with Crippen LogP contribution in [0.1, 0.15) is 25.7 Å². The van der Waals surface area contributed by atoms with Gasteiger partial charge in [-0.1, -0.05) is 17.7 Å². The van der Waals surface area contributed by atoms with Crippen molar-refractivity contribution in [3.63, 3.8) is 0 Å². The maximum Gasteiger partial charge on any atom is 0.243 e. The van der Waals surface area contributed by atoms with Crippen molar-refractivity contribution in [1.82, 2.24) is 29.6 Å². The third-order valence-electron chi connectivity index (χ3n) is 7.16. The SMILES string of the molecule is CN(C)C(=O)Cn1cc2c(Cl)c(-c3c[nH]c4nc(N5[C@@H]6CC[C@H]5C[C@@H](N)C6)cnc34)ccc2n1. The first kappa shape index (κ1) is 21.4. The number of carbonyl (C=O) groups is 1. The second-order valence-corrected chi connectivity index (χ2v) is 10.0. The second kappa shape index (κ2) is 7.95. The lowest BCUT2D eigenvalue weighted by molar-refractivity contribution is -0.129. The van der Waals surface area contributed by atoms with E-state index >= 15 is 0 Å². The lowest BCUT2D eigenvalue weighted by atomic mass is 9.98. The van der Waals surface area contributed by atoms with Gasteiger partial charge in [-0.2, -0.15) is 5.10 Å². The van der Waals surface area contributed by atoms with Gasteiger partial charge in [0.2, 0.25) is 5.91 Å². The number of aromatic nitrogens is 5. The summed E-state index contributed by atoms with van der Waals surface area (Å²) in [6.45, 7) is 0.165. The molecule has 0 spiro atoms. The quantitative estimate of drug-likeness (QED) is 0.466. The number of hydrogen-bond acceptors (Lipinski definition) is 6. The van der Waals surface area contributed by atoms with Crippen LogP contribution in [0.15, 0.2) is 30.7 Å². The van der Waals surface area contributed by atoms with Gasteiger partial charge in [0.05, 0.1) is 16.7 Å². The van der Waals surface area contributed by atoms with E-state index in [0.717, 1.165) is 64.7 Å². The number of nitrogens with zero attached hydrogens (tertiary/aromatic N) is 6. The van der Waals surface area contributed by atoms with Crippen molar-refractivity contribution < 1.29 is 4.79 Å². The molecule has 2 bridgehead atoms. The molecule has 6 rings (SSSR count). The van der Waals surface area contributed by atoms with Crippen LogP contribution in [0.5, 0.6) is 0 Å². The van der Waals surface area contributed by atoms with Gasteiger partial charge in [0.15, 0.2) is 5.65 Å². The Balaban J connectivity index is 1.35. The fraction of sp³-hybridized carbons (Fsp3) is 0.417. The van der Waals surface area contributed by atoms with Crippen molar-refractivity contribution in [1.29, 1.82) is 0 Å². The molecule has 0 radical (unpaired) electrons. The summed E-state index contributed by atoms with van der Waals surface area (Å²) in [5.74, 6) is 0.879. The topological polar surface area (TPSA) is 109 Å². The van der Waals surface area contributed by atoms with Gasteiger partial charge in [0.25, 0.3) is 0 Å². The highest BCUT2D eigenvalue weighted by molar-refractivity contribution is 6.38. The number of nitrogens with two attached hydrogens (primary N) is 1. The van der Waals surface area contributed by atoms with E-state index in [4.69, 9.17) is 27.3 Å². The molecule has 2 aliphatic heterocycles. The minimum absolute atomic E-state index is 0.0315. The largest absolute Gasteiger partial charge is 0.349 e. The van der Waals surface area contributed by atoms with E-state index in [2.05, 4.69) is 15.0 Å². The number of H-pyrrole nitrogens is 1. The molecule has 0 aliphatic carbocycles. The van der Waals surface area contributed by atoms with Crippen molar-refractivity contribution in [2.75, 3.05) is 19.0 Å². The molecule has 3 aromatic heterocycles. The summed E-state index contributed by atoms with van der Waals surface area (Å²) in [6, 6.07) is 5.04. The Morgan fingerprint density at radius 1 is 1.24 bits per heavy atom. The third-order valence-corrected chi connectivity index (χ3v) is 7.57. The zero-order chi connectivity index (χ0) is 23.6. The normalized spacial score (nSPS) is 22.1. The molecular weight excluding hydrogens is 452 g/mol. The fourth-order valence-electron chi connectivity index (χ4n) is 5.49. The van der Waals surface area contributed by atoms with Gasteiger partial charge in [0, 0.05) is 61.1 Å². The van der Waals surface area contributed by atoms with Gasteiger partial charge in [-0.15, -0.1) is 0 Å². The lowest BCUT2D eigenvalue weighted by Gasteiger charge is -2.38. The molecule has 2 fully saturated rings. The number of aromatic amines is 1. The van der Waals surface area contributed by atoms with Crippen LogP contribution in [-0.4, -0.2) is 67.8 Å². The molecule has 3 atom stereocenters. The number of fused-ring (bicyclic) bond motifs is 4. The predicted molar refractivity (Wildman–Crippen MR) is 133 cm³/mol. The van der Waals surface area contributed by atoms with Crippen LogP contribution in [0.3, 0.4) is 0 Å². The molecule has 10 heteroatoms.